The fourth-order valence-corrected chi connectivity index (χ4v) is 1.96. The molecule has 0 aromatic carbocycles. The van der Waals surface area contributed by atoms with Gasteiger partial charge in [-0.1, -0.05) is 20.8 Å². The van der Waals surface area contributed by atoms with Gasteiger partial charge in [-0.3, -0.25) is 9.78 Å². The first-order valence-corrected chi connectivity index (χ1v) is 6.87. The number of nitrogens with zero attached hydrogens (tertiary/aromatic N) is 1. The van der Waals surface area contributed by atoms with E-state index in [0.29, 0.717) is 12.1 Å². The van der Waals surface area contributed by atoms with Gasteiger partial charge < -0.3 is 15.7 Å². The summed E-state index contributed by atoms with van der Waals surface area (Å²) in [6.07, 6.45) is 3.69. The highest BCUT2D eigenvalue weighted by Gasteiger charge is 2.25. The third-order valence-corrected chi connectivity index (χ3v) is 3.00. The molecule has 0 aliphatic rings. The predicted molar refractivity (Wildman–Crippen MR) is 81.2 cm³/mol. The molecule has 6 nitrogen and oxygen atoms in total. The Hall–Kier alpha value is -2.11. The van der Waals surface area contributed by atoms with Gasteiger partial charge in [0.25, 0.3) is 0 Å². The summed E-state index contributed by atoms with van der Waals surface area (Å²) in [6, 6.07) is 1.36. The van der Waals surface area contributed by atoms with Gasteiger partial charge in [0.1, 0.15) is 0 Å². The summed E-state index contributed by atoms with van der Waals surface area (Å²) in [5, 5.41) is 14.5. The molecule has 1 rings (SSSR count). The van der Waals surface area contributed by atoms with Crippen LogP contribution >= 0.6 is 0 Å². The van der Waals surface area contributed by atoms with Gasteiger partial charge in [0.15, 0.2) is 0 Å². The average molecular weight is 293 g/mol. The molecular formula is C15H23N3O3. The molecule has 0 saturated heterocycles. The van der Waals surface area contributed by atoms with Crippen molar-refractivity contribution in [1.82, 2.24) is 10.3 Å². The highest BCUT2D eigenvalue weighted by molar-refractivity contribution is 5.90. The van der Waals surface area contributed by atoms with Crippen LogP contribution in [0, 0.1) is 18.3 Å². The quantitative estimate of drug-likeness (QED) is 0.778. The van der Waals surface area contributed by atoms with Gasteiger partial charge in [-0.2, -0.15) is 0 Å². The van der Waals surface area contributed by atoms with Gasteiger partial charge in [-0.15, -0.1) is 0 Å². The van der Waals surface area contributed by atoms with Crippen LogP contribution in [0.1, 0.15) is 32.8 Å². The standard InChI is InChI=1S/C15H23N3O3/c1-10-5-6-16-9-12(10)18-14(21)17-8-11(13(19)20)7-15(2,3)4/h5-6,9,11H,7-8H2,1-4H3,(H,19,20)(H2,17,18,21). The molecule has 1 heterocycles. The first-order valence-electron chi connectivity index (χ1n) is 6.87. The Morgan fingerprint density at radius 1 is 1.38 bits per heavy atom. The van der Waals surface area contributed by atoms with E-state index in [2.05, 4.69) is 15.6 Å². The molecule has 0 aliphatic carbocycles. The van der Waals surface area contributed by atoms with Gasteiger partial charge in [0, 0.05) is 12.7 Å². The number of rotatable bonds is 5. The molecule has 0 aliphatic heterocycles. The normalized spacial score (nSPS) is 12.6. The number of hydrogen-bond donors (Lipinski definition) is 3. The fraction of sp³-hybridized carbons (Fsp3) is 0.533. The van der Waals surface area contributed by atoms with E-state index in [0.717, 1.165) is 5.56 Å². The molecule has 1 aromatic heterocycles. The molecule has 0 saturated carbocycles. The molecule has 3 N–H and O–H groups in total. The summed E-state index contributed by atoms with van der Waals surface area (Å²) in [6.45, 7) is 7.88. The summed E-state index contributed by atoms with van der Waals surface area (Å²) < 4.78 is 0. The molecule has 1 aromatic rings. The van der Waals surface area contributed by atoms with Crippen LogP contribution in [0.25, 0.3) is 0 Å². The average Bonchev–Trinajstić information content (AvgIpc) is 2.35. The maximum atomic E-state index is 11.8. The van der Waals surface area contributed by atoms with Gasteiger partial charge in [-0.05, 0) is 30.4 Å². The summed E-state index contributed by atoms with van der Waals surface area (Å²) in [7, 11) is 0. The van der Waals surface area contributed by atoms with Gasteiger partial charge >= 0.3 is 12.0 Å². The maximum Gasteiger partial charge on any atom is 0.319 e. The Balaban J connectivity index is 2.54. The smallest absolute Gasteiger partial charge is 0.319 e. The van der Waals surface area contributed by atoms with E-state index in [1.54, 1.807) is 18.5 Å². The number of pyridine rings is 1. The third-order valence-electron chi connectivity index (χ3n) is 3.00. The van der Waals surface area contributed by atoms with Crippen molar-refractivity contribution in [2.24, 2.45) is 11.3 Å². The second-order valence-corrected chi connectivity index (χ2v) is 6.33. The number of carbonyl (C=O) groups is 2. The Morgan fingerprint density at radius 3 is 2.57 bits per heavy atom. The molecule has 2 amide bonds. The maximum absolute atomic E-state index is 11.8. The van der Waals surface area contributed by atoms with Crippen LogP contribution < -0.4 is 10.6 Å². The van der Waals surface area contributed by atoms with E-state index in [4.69, 9.17) is 0 Å². The Morgan fingerprint density at radius 2 is 2.05 bits per heavy atom. The highest BCUT2D eigenvalue weighted by atomic mass is 16.4. The Kier molecular flexibility index (Phi) is 5.69. The number of aryl methyl sites for hydroxylation is 1. The topological polar surface area (TPSA) is 91.3 Å². The van der Waals surface area contributed by atoms with Crippen LogP contribution in [0.3, 0.4) is 0 Å². The first-order chi connectivity index (χ1) is 9.69. The number of amides is 2. The van der Waals surface area contributed by atoms with Crippen LogP contribution in [-0.4, -0.2) is 28.6 Å². The number of carboxylic acid groups (broad SMARTS) is 1. The monoisotopic (exact) mass is 293 g/mol. The number of carboxylic acids is 1. The van der Waals surface area contributed by atoms with Crippen LogP contribution in [0.4, 0.5) is 10.5 Å². The molecule has 0 radical (unpaired) electrons. The zero-order chi connectivity index (χ0) is 16.0. The Bertz CT molecular complexity index is 509. The number of aromatic nitrogens is 1. The van der Waals surface area contributed by atoms with Crippen LogP contribution in [0.2, 0.25) is 0 Å². The number of aliphatic carboxylic acids is 1. The van der Waals surface area contributed by atoms with Gasteiger partial charge in [-0.25, -0.2) is 4.79 Å². The minimum absolute atomic E-state index is 0.0950. The van der Waals surface area contributed by atoms with Crippen LogP contribution in [0.15, 0.2) is 18.5 Å². The van der Waals surface area contributed by atoms with Crippen molar-refractivity contribution in [3.63, 3.8) is 0 Å². The molecular weight excluding hydrogens is 270 g/mol. The van der Waals surface area contributed by atoms with E-state index < -0.39 is 17.9 Å². The summed E-state index contributed by atoms with van der Waals surface area (Å²) in [4.78, 5) is 27.0. The van der Waals surface area contributed by atoms with Gasteiger partial charge in [0.05, 0.1) is 17.8 Å². The predicted octanol–water partition coefficient (Wildman–Crippen LogP) is 2.65. The highest BCUT2D eigenvalue weighted by Crippen LogP contribution is 2.24. The lowest BCUT2D eigenvalue weighted by molar-refractivity contribution is -0.142. The van der Waals surface area contributed by atoms with Crippen molar-refractivity contribution in [3.8, 4) is 0 Å². The third kappa shape index (κ3) is 6.25. The second-order valence-electron chi connectivity index (χ2n) is 6.33. The van der Waals surface area contributed by atoms with Crippen molar-refractivity contribution in [3.05, 3.63) is 24.0 Å². The molecule has 0 spiro atoms. The largest absolute Gasteiger partial charge is 0.481 e. The second kappa shape index (κ2) is 7.06. The fourth-order valence-electron chi connectivity index (χ4n) is 1.96. The minimum atomic E-state index is -0.900. The van der Waals surface area contributed by atoms with Crippen LogP contribution in [-0.2, 0) is 4.79 Å². The molecule has 0 bridgehead atoms. The minimum Gasteiger partial charge on any atom is -0.481 e. The van der Waals surface area contributed by atoms with Gasteiger partial charge in [0.2, 0.25) is 0 Å². The Labute approximate surface area is 125 Å². The van der Waals surface area contributed by atoms with Crippen molar-refractivity contribution in [2.75, 3.05) is 11.9 Å². The number of anilines is 1. The molecule has 21 heavy (non-hydrogen) atoms. The number of urea groups is 1. The van der Waals surface area contributed by atoms with E-state index in [1.807, 2.05) is 27.7 Å². The molecule has 6 heteroatoms. The molecule has 1 atom stereocenters. The molecule has 116 valence electrons. The summed E-state index contributed by atoms with van der Waals surface area (Å²) in [5.41, 5.74) is 1.39. The lowest BCUT2D eigenvalue weighted by atomic mass is 9.84. The van der Waals surface area contributed by atoms with Crippen molar-refractivity contribution < 1.29 is 14.7 Å². The van der Waals surface area contributed by atoms with Crippen molar-refractivity contribution in [2.45, 2.75) is 34.1 Å². The zero-order valence-electron chi connectivity index (χ0n) is 12.9. The number of nitrogens with one attached hydrogen (secondary N) is 2. The first kappa shape index (κ1) is 16.9. The SMILES string of the molecule is Cc1ccncc1NC(=O)NCC(CC(C)(C)C)C(=O)O. The lowest BCUT2D eigenvalue weighted by Crippen LogP contribution is -2.37. The summed E-state index contributed by atoms with van der Waals surface area (Å²) in [5.74, 6) is -1.51. The van der Waals surface area contributed by atoms with E-state index in [-0.39, 0.29) is 12.0 Å². The molecule has 0 fully saturated rings. The van der Waals surface area contributed by atoms with E-state index >= 15 is 0 Å². The number of carbonyl (C=O) groups excluding carboxylic acids is 1. The van der Waals surface area contributed by atoms with Crippen molar-refractivity contribution in [1.29, 1.82) is 0 Å². The molecule has 1 unspecified atom stereocenters. The van der Waals surface area contributed by atoms with E-state index in [1.165, 1.54) is 0 Å². The lowest BCUT2D eigenvalue weighted by Gasteiger charge is -2.23. The van der Waals surface area contributed by atoms with Crippen molar-refractivity contribution >= 4 is 17.7 Å². The number of hydrogen-bond acceptors (Lipinski definition) is 3. The summed E-state index contributed by atoms with van der Waals surface area (Å²) >= 11 is 0. The van der Waals surface area contributed by atoms with Crippen LogP contribution in [0.5, 0.6) is 0 Å². The zero-order valence-corrected chi connectivity index (χ0v) is 12.9. The van der Waals surface area contributed by atoms with E-state index in [9.17, 15) is 14.7 Å².